The van der Waals surface area contributed by atoms with Gasteiger partial charge < -0.3 is 4.43 Å². The van der Waals surface area contributed by atoms with Gasteiger partial charge in [-0.3, -0.25) is 12.2 Å². The summed E-state index contributed by atoms with van der Waals surface area (Å²) in [5.74, 6) is 0. The van der Waals surface area contributed by atoms with E-state index >= 15 is 0 Å². The average Bonchev–Trinajstić information content (AvgIpc) is 2.93. The molecular formula is C20H34Cl2OSiZr. The molecule has 0 aromatic heterocycles. The van der Waals surface area contributed by atoms with Crippen LogP contribution in [0.5, 0.6) is 0 Å². The monoisotopic (exact) mass is 478 g/mol. The smallest absolute Gasteiger partial charge is 0.414 e. The molecule has 0 aliphatic heterocycles. The summed E-state index contributed by atoms with van der Waals surface area (Å²) in [4.78, 5) is 0. The van der Waals surface area contributed by atoms with E-state index < -0.39 is 8.32 Å². The minimum absolute atomic E-state index is 0. The van der Waals surface area contributed by atoms with E-state index in [1.54, 1.807) is 0 Å². The predicted molar refractivity (Wildman–Crippen MR) is 113 cm³/mol. The molecule has 2 rings (SSSR count). The van der Waals surface area contributed by atoms with Crippen molar-refractivity contribution in [3.05, 3.63) is 46.6 Å². The molecule has 5 heteroatoms. The van der Waals surface area contributed by atoms with E-state index in [1.165, 1.54) is 22.3 Å². The van der Waals surface area contributed by atoms with E-state index in [1.807, 2.05) is 0 Å². The first-order valence-corrected chi connectivity index (χ1v) is 11.6. The van der Waals surface area contributed by atoms with Crippen molar-refractivity contribution in [1.82, 2.24) is 0 Å². The third-order valence-electron chi connectivity index (χ3n) is 4.25. The van der Waals surface area contributed by atoms with Crippen LogP contribution in [0, 0.1) is 17.6 Å². The molecule has 0 aromatic rings. The molecule has 0 spiro atoms. The number of halogens is 2. The van der Waals surface area contributed by atoms with Crippen LogP contribution in [0.2, 0.25) is 19.6 Å². The molecule has 0 radical (unpaired) electrons. The van der Waals surface area contributed by atoms with Crippen LogP contribution in [-0.4, -0.2) is 14.4 Å². The van der Waals surface area contributed by atoms with Crippen molar-refractivity contribution in [2.45, 2.75) is 73.7 Å². The second kappa shape index (κ2) is 12.1. The molecule has 1 nitrogen and oxygen atoms in total. The van der Waals surface area contributed by atoms with Crippen molar-refractivity contribution in [2.75, 3.05) is 0 Å². The van der Waals surface area contributed by atoms with Gasteiger partial charge in [-0.2, -0.15) is 22.8 Å². The quantitative estimate of drug-likeness (QED) is 0.316. The van der Waals surface area contributed by atoms with E-state index in [0.717, 1.165) is 6.42 Å². The third-order valence-corrected chi connectivity index (χ3v) is 5.31. The Morgan fingerprint density at radius 2 is 1.64 bits per heavy atom. The van der Waals surface area contributed by atoms with Crippen LogP contribution in [0.4, 0.5) is 0 Å². The second-order valence-electron chi connectivity index (χ2n) is 7.74. The normalized spacial score (nSPS) is 18.8. The van der Waals surface area contributed by atoms with Crippen molar-refractivity contribution in [2.24, 2.45) is 5.41 Å². The Kier molecular flexibility index (Phi) is 14.7. The summed E-state index contributed by atoms with van der Waals surface area (Å²) < 4.78 is 5.91. The maximum absolute atomic E-state index is 5.91. The molecule has 142 valence electrons. The van der Waals surface area contributed by atoms with Crippen molar-refractivity contribution in [3.63, 3.8) is 0 Å². The van der Waals surface area contributed by atoms with Crippen LogP contribution in [0.3, 0.4) is 0 Å². The molecule has 2 aliphatic rings. The topological polar surface area (TPSA) is 9.23 Å². The fourth-order valence-corrected chi connectivity index (χ4v) is 3.89. The minimum Gasteiger partial charge on any atom is -0.414 e. The first-order chi connectivity index (χ1) is 9.94. The molecule has 0 aromatic carbocycles. The Morgan fingerprint density at radius 3 is 1.88 bits per heavy atom. The molecule has 0 N–H and O–H groups in total. The summed E-state index contributed by atoms with van der Waals surface area (Å²) in [7, 11) is -1.38. The third kappa shape index (κ3) is 9.91. The molecule has 0 saturated heterocycles. The molecule has 0 bridgehead atoms. The van der Waals surface area contributed by atoms with Gasteiger partial charge in [-0.1, -0.05) is 33.1 Å². The maximum atomic E-state index is 5.91. The van der Waals surface area contributed by atoms with E-state index in [4.69, 9.17) is 4.43 Å². The van der Waals surface area contributed by atoms with E-state index in [0.29, 0.717) is 0 Å². The first kappa shape index (κ1) is 30.3. The zero-order chi connectivity index (χ0) is 17.1. The average molecular weight is 481 g/mol. The van der Waals surface area contributed by atoms with E-state index in [9.17, 15) is 0 Å². The van der Waals surface area contributed by atoms with Gasteiger partial charge in [0.05, 0.1) is 0 Å². The SMILES string of the molecule is CC(O[Si](C)(C)C)C1=[C-]CC=C1.CC1=[C-]C(C)(C)C(C)=C1C.Cl.Cl.[Zr+2]. The van der Waals surface area contributed by atoms with Crippen LogP contribution >= 0.6 is 24.8 Å². The van der Waals surface area contributed by atoms with Gasteiger partial charge in [0.2, 0.25) is 0 Å². The molecule has 25 heavy (non-hydrogen) atoms. The summed E-state index contributed by atoms with van der Waals surface area (Å²) in [5, 5.41) is 0. The fourth-order valence-electron chi connectivity index (χ4n) is 2.70. The van der Waals surface area contributed by atoms with Crippen molar-refractivity contribution in [1.29, 1.82) is 0 Å². The molecule has 1 unspecified atom stereocenters. The van der Waals surface area contributed by atoms with Gasteiger partial charge >= 0.3 is 26.2 Å². The number of hydrogen-bond acceptors (Lipinski definition) is 1. The van der Waals surface area contributed by atoms with E-state index in [2.05, 4.69) is 85.5 Å². The molecule has 0 heterocycles. The van der Waals surface area contributed by atoms with Crippen molar-refractivity contribution in [3.8, 4) is 0 Å². The van der Waals surface area contributed by atoms with Crippen LogP contribution < -0.4 is 0 Å². The van der Waals surface area contributed by atoms with Crippen molar-refractivity contribution < 1.29 is 30.6 Å². The van der Waals surface area contributed by atoms with Gasteiger partial charge in [-0.25, -0.2) is 11.6 Å². The van der Waals surface area contributed by atoms with Gasteiger partial charge in [-0.15, -0.1) is 38.2 Å². The van der Waals surface area contributed by atoms with Gasteiger partial charge in [-0.05, 0) is 26.6 Å². The molecule has 2 aliphatic carbocycles. The Balaban J connectivity index is -0.000000350. The zero-order valence-electron chi connectivity index (χ0n) is 17.2. The molecular weight excluding hydrogens is 446 g/mol. The van der Waals surface area contributed by atoms with Crippen molar-refractivity contribution >= 4 is 33.1 Å². The molecule has 0 amide bonds. The summed E-state index contributed by atoms with van der Waals surface area (Å²) in [6, 6.07) is 0. The van der Waals surface area contributed by atoms with Gasteiger partial charge in [0, 0.05) is 6.10 Å². The van der Waals surface area contributed by atoms with Crippen LogP contribution in [-0.2, 0) is 30.6 Å². The summed E-state index contributed by atoms with van der Waals surface area (Å²) in [6.07, 6.45) is 12.1. The summed E-state index contributed by atoms with van der Waals surface area (Å²) in [5.41, 5.74) is 5.61. The van der Waals surface area contributed by atoms with Crippen LogP contribution in [0.15, 0.2) is 34.4 Å². The number of hydrogen-bond donors (Lipinski definition) is 0. The van der Waals surface area contributed by atoms with Gasteiger partial charge in [0.1, 0.15) is 0 Å². The largest absolute Gasteiger partial charge is 2.00 e. The Labute approximate surface area is 188 Å². The van der Waals surface area contributed by atoms with Gasteiger partial charge in [0.15, 0.2) is 8.32 Å². The summed E-state index contributed by atoms with van der Waals surface area (Å²) >= 11 is 0. The fraction of sp³-hybridized carbons (Fsp3) is 0.600. The minimum atomic E-state index is -1.38. The Morgan fingerprint density at radius 1 is 1.12 bits per heavy atom. The second-order valence-corrected chi connectivity index (χ2v) is 12.2. The summed E-state index contributed by atoms with van der Waals surface area (Å²) in [6.45, 7) is 19.7. The van der Waals surface area contributed by atoms with E-state index in [-0.39, 0.29) is 62.5 Å². The number of allylic oxidation sites excluding steroid dienone is 6. The standard InChI is InChI=1S/C10H17OSi.C10H15.2ClH.Zr/c1-9(11-12(2,3)4)10-7-5-6-8-10;1-7-6-10(4,5)9(3)8(7)2;;;/h5,7,9H,6H2,1-4H3;1-5H3;2*1H;/q2*-1;;;+2. The predicted octanol–water partition coefficient (Wildman–Crippen LogP) is 6.87. The maximum Gasteiger partial charge on any atom is 2.00 e. The molecule has 0 saturated carbocycles. The van der Waals surface area contributed by atoms with Gasteiger partial charge in [0.25, 0.3) is 0 Å². The first-order valence-electron chi connectivity index (χ1n) is 8.19. The molecule has 0 fully saturated rings. The van der Waals surface area contributed by atoms with Crippen LogP contribution in [0.1, 0.15) is 48.0 Å². The Hall–Kier alpha value is 0.600. The Bertz CT molecular complexity index is 540. The van der Waals surface area contributed by atoms with Crippen LogP contribution in [0.25, 0.3) is 0 Å². The number of rotatable bonds is 3. The molecule has 1 atom stereocenters. The zero-order valence-corrected chi connectivity index (χ0v) is 22.3.